The molecule has 1 aliphatic rings. The predicted octanol–water partition coefficient (Wildman–Crippen LogP) is 0.166. The summed E-state index contributed by atoms with van der Waals surface area (Å²) >= 11 is 0. The topological polar surface area (TPSA) is 74.7 Å². The molecular weight excluding hydrogens is 186 g/mol. The van der Waals surface area contributed by atoms with Crippen LogP contribution in [-0.2, 0) is 14.4 Å². The van der Waals surface area contributed by atoms with Crippen molar-refractivity contribution in [1.29, 1.82) is 0 Å². The molecule has 0 bridgehead atoms. The van der Waals surface area contributed by atoms with Gasteiger partial charge in [-0.1, -0.05) is 6.58 Å². The van der Waals surface area contributed by atoms with Gasteiger partial charge >= 0.3 is 5.97 Å². The van der Waals surface area contributed by atoms with Gasteiger partial charge in [-0.3, -0.25) is 14.5 Å². The SMILES string of the molecule is C=C(CN1C(=O)CCCC1=O)C(=O)O. The molecule has 76 valence electrons. The van der Waals surface area contributed by atoms with Crippen LogP contribution in [0.2, 0.25) is 0 Å². The van der Waals surface area contributed by atoms with Crippen molar-refractivity contribution in [3.63, 3.8) is 0 Å². The summed E-state index contributed by atoms with van der Waals surface area (Å²) < 4.78 is 0. The fourth-order valence-corrected chi connectivity index (χ4v) is 1.23. The number of carboxylic acids is 1. The van der Waals surface area contributed by atoms with Crippen molar-refractivity contribution >= 4 is 17.8 Å². The van der Waals surface area contributed by atoms with E-state index in [1.165, 1.54) is 0 Å². The third-order valence-corrected chi connectivity index (χ3v) is 2.03. The highest BCUT2D eigenvalue weighted by Crippen LogP contribution is 2.13. The Kier molecular flexibility index (Phi) is 3.01. The number of carbonyl (C=O) groups excluding carboxylic acids is 2. The Labute approximate surface area is 81.0 Å². The molecule has 0 aromatic heterocycles. The second kappa shape index (κ2) is 4.04. The summed E-state index contributed by atoms with van der Waals surface area (Å²) in [4.78, 5) is 33.9. The number of nitrogens with zero attached hydrogens (tertiary/aromatic N) is 1. The number of aliphatic carboxylic acids is 1. The van der Waals surface area contributed by atoms with Gasteiger partial charge in [0.05, 0.1) is 6.54 Å². The Balaban J connectivity index is 2.65. The molecule has 0 unspecified atom stereocenters. The van der Waals surface area contributed by atoms with Crippen LogP contribution >= 0.6 is 0 Å². The highest BCUT2D eigenvalue weighted by atomic mass is 16.4. The van der Waals surface area contributed by atoms with Crippen LogP contribution < -0.4 is 0 Å². The molecule has 1 saturated heterocycles. The van der Waals surface area contributed by atoms with Crippen molar-refractivity contribution in [2.75, 3.05) is 6.54 Å². The molecule has 0 atom stereocenters. The van der Waals surface area contributed by atoms with E-state index in [9.17, 15) is 14.4 Å². The molecule has 14 heavy (non-hydrogen) atoms. The monoisotopic (exact) mass is 197 g/mol. The molecule has 0 aromatic carbocycles. The lowest BCUT2D eigenvalue weighted by Crippen LogP contribution is -2.41. The third kappa shape index (κ3) is 2.18. The highest BCUT2D eigenvalue weighted by molar-refractivity contribution is 5.99. The molecule has 5 nitrogen and oxygen atoms in total. The first-order valence-electron chi connectivity index (χ1n) is 4.26. The van der Waals surface area contributed by atoms with Gasteiger partial charge in [0, 0.05) is 18.4 Å². The molecule has 0 aliphatic carbocycles. The zero-order valence-electron chi connectivity index (χ0n) is 7.65. The van der Waals surface area contributed by atoms with Crippen molar-refractivity contribution in [2.45, 2.75) is 19.3 Å². The number of piperidine rings is 1. The number of amides is 2. The van der Waals surface area contributed by atoms with Crippen LogP contribution in [0.25, 0.3) is 0 Å². The van der Waals surface area contributed by atoms with E-state index < -0.39 is 5.97 Å². The lowest BCUT2D eigenvalue weighted by atomic mass is 10.1. The minimum atomic E-state index is -1.18. The first-order chi connectivity index (χ1) is 6.52. The Morgan fingerprint density at radius 2 is 1.86 bits per heavy atom. The van der Waals surface area contributed by atoms with Gasteiger partial charge in [0.1, 0.15) is 0 Å². The van der Waals surface area contributed by atoms with E-state index in [0.29, 0.717) is 19.3 Å². The minimum absolute atomic E-state index is 0.145. The number of carboxylic acid groups (broad SMARTS) is 1. The molecule has 0 aromatic rings. The minimum Gasteiger partial charge on any atom is -0.478 e. The molecular formula is C9H11NO4. The fraction of sp³-hybridized carbons (Fsp3) is 0.444. The van der Waals surface area contributed by atoms with E-state index in [1.54, 1.807) is 0 Å². The molecule has 1 heterocycles. The quantitative estimate of drug-likeness (QED) is 0.516. The molecule has 1 rings (SSSR count). The lowest BCUT2D eigenvalue weighted by molar-refractivity contribution is -0.147. The van der Waals surface area contributed by atoms with Crippen LogP contribution in [0.1, 0.15) is 19.3 Å². The van der Waals surface area contributed by atoms with E-state index in [0.717, 1.165) is 4.90 Å². The van der Waals surface area contributed by atoms with Crippen molar-refractivity contribution in [1.82, 2.24) is 4.90 Å². The van der Waals surface area contributed by atoms with Crippen molar-refractivity contribution in [2.24, 2.45) is 0 Å². The van der Waals surface area contributed by atoms with Crippen LogP contribution in [-0.4, -0.2) is 34.3 Å². The first-order valence-corrected chi connectivity index (χ1v) is 4.26. The van der Waals surface area contributed by atoms with Gasteiger partial charge in [0.15, 0.2) is 0 Å². The Morgan fingerprint density at radius 1 is 1.36 bits per heavy atom. The second-order valence-electron chi connectivity index (χ2n) is 3.14. The summed E-state index contributed by atoms with van der Waals surface area (Å²) in [5.41, 5.74) is -0.145. The molecule has 0 radical (unpaired) electrons. The average Bonchev–Trinajstić information content (AvgIpc) is 2.11. The maximum Gasteiger partial charge on any atom is 0.332 e. The number of likely N-dealkylation sites (tertiary alicyclic amines) is 1. The first kappa shape index (κ1) is 10.4. The highest BCUT2D eigenvalue weighted by Gasteiger charge is 2.27. The normalized spacial score (nSPS) is 17.0. The summed E-state index contributed by atoms with van der Waals surface area (Å²) in [6.07, 6.45) is 1.16. The Bertz CT molecular complexity index is 292. The molecule has 2 amide bonds. The maximum atomic E-state index is 11.2. The zero-order valence-corrected chi connectivity index (χ0v) is 7.65. The Hall–Kier alpha value is -1.65. The van der Waals surface area contributed by atoms with Crippen LogP contribution in [0.4, 0.5) is 0 Å². The van der Waals surface area contributed by atoms with Crippen molar-refractivity contribution < 1.29 is 19.5 Å². The largest absolute Gasteiger partial charge is 0.478 e. The predicted molar refractivity (Wildman–Crippen MR) is 47.3 cm³/mol. The summed E-state index contributed by atoms with van der Waals surface area (Å²) in [5.74, 6) is -1.82. The standard InChI is InChI=1S/C9H11NO4/c1-6(9(13)14)5-10-7(11)3-2-4-8(10)12/h1-5H2,(H,13,14). The van der Waals surface area contributed by atoms with Crippen LogP contribution in [0, 0.1) is 0 Å². The maximum absolute atomic E-state index is 11.2. The van der Waals surface area contributed by atoms with Crippen molar-refractivity contribution in [3.8, 4) is 0 Å². The van der Waals surface area contributed by atoms with E-state index in [4.69, 9.17) is 5.11 Å². The number of rotatable bonds is 3. The summed E-state index contributed by atoms with van der Waals surface area (Å²) in [5, 5.41) is 8.54. The van der Waals surface area contributed by atoms with E-state index in [-0.39, 0.29) is 23.9 Å². The molecule has 1 N–H and O–H groups in total. The molecule has 1 fully saturated rings. The van der Waals surface area contributed by atoms with Gasteiger partial charge in [-0.15, -0.1) is 0 Å². The summed E-state index contributed by atoms with van der Waals surface area (Å²) in [7, 11) is 0. The number of carbonyl (C=O) groups is 3. The smallest absolute Gasteiger partial charge is 0.332 e. The molecule has 0 spiro atoms. The van der Waals surface area contributed by atoms with Crippen LogP contribution in [0.15, 0.2) is 12.2 Å². The third-order valence-electron chi connectivity index (χ3n) is 2.03. The summed E-state index contributed by atoms with van der Waals surface area (Å²) in [6, 6.07) is 0. The van der Waals surface area contributed by atoms with E-state index in [2.05, 4.69) is 6.58 Å². The van der Waals surface area contributed by atoms with Gasteiger partial charge in [-0.25, -0.2) is 4.79 Å². The van der Waals surface area contributed by atoms with E-state index >= 15 is 0 Å². The van der Waals surface area contributed by atoms with Crippen LogP contribution in [0.5, 0.6) is 0 Å². The van der Waals surface area contributed by atoms with Gasteiger partial charge in [-0.05, 0) is 6.42 Å². The fourth-order valence-electron chi connectivity index (χ4n) is 1.23. The lowest BCUT2D eigenvalue weighted by Gasteiger charge is -2.24. The van der Waals surface area contributed by atoms with Gasteiger partial charge < -0.3 is 5.11 Å². The second-order valence-corrected chi connectivity index (χ2v) is 3.14. The van der Waals surface area contributed by atoms with Gasteiger partial charge in [0.25, 0.3) is 0 Å². The summed E-state index contributed by atoms with van der Waals surface area (Å²) in [6.45, 7) is 3.07. The van der Waals surface area contributed by atoms with Gasteiger partial charge in [0.2, 0.25) is 11.8 Å². The average molecular weight is 197 g/mol. The van der Waals surface area contributed by atoms with E-state index in [1.807, 2.05) is 0 Å². The molecule has 1 aliphatic heterocycles. The van der Waals surface area contributed by atoms with Crippen LogP contribution in [0.3, 0.4) is 0 Å². The number of imide groups is 1. The Morgan fingerprint density at radius 3 is 2.29 bits per heavy atom. The van der Waals surface area contributed by atoms with Crippen molar-refractivity contribution in [3.05, 3.63) is 12.2 Å². The number of hydrogen-bond acceptors (Lipinski definition) is 3. The molecule has 0 saturated carbocycles. The number of hydrogen-bond donors (Lipinski definition) is 1. The molecule has 5 heteroatoms. The zero-order chi connectivity index (χ0) is 10.7. The van der Waals surface area contributed by atoms with Gasteiger partial charge in [-0.2, -0.15) is 0 Å².